The van der Waals surface area contributed by atoms with Gasteiger partial charge in [-0.2, -0.15) is 9.97 Å². The van der Waals surface area contributed by atoms with Crippen molar-refractivity contribution in [3.8, 4) is 45.5 Å². The standard InChI is InChI=1S/C76H59N7Si/c1-75-45-21-22-46-76(75,2)83(71-51-77-47-44-65(71)75)70-49-53(52-24-7-3-8-25-52)40-42-63(70)73-78-72(54-26-23-33-59(48-54)84(56-27-9-4-10-28-56,57-29-11-5-12-30-57)58-31-13-6-14-32-58)79-74(80-73)82-68-39-20-17-36-62(68)64-50-55(41-43-69(64)82)81-66-37-18-15-34-60(66)61-35-16-19-38-67(61)81/h3-20,23-44,47-51H,21-22,45-46H2,1-2H3. The van der Waals surface area contributed by atoms with Gasteiger partial charge in [0.2, 0.25) is 5.95 Å². The molecule has 2 atom stereocenters. The van der Waals surface area contributed by atoms with Crippen LogP contribution in [0, 0.1) is 0 Å². The van der Waals surface area contributed by atoms with E-state index in [0.717, 1.165) is 80.4 Å². The summed E-state index contributed by atoms with van der Waals surface area (Å²) in [7, 11) is -2.97. The van der Waals surface area contributed by atoms with Crippen LogP contribution in [-0.2, 0) is 5.41 Å². The molecule has 0 saturated heterocycles. The quantitative estimate of drug-likeness (QED) is 0.101. The molecule has 0 radical (unpaired) electrons. The summed E-state index contributed by atoms with van der Waals surface area (Å²) in [5.74, 6) is 1.74. The zero-order valence-corrected chi connectivity index (χ0v) is 47.9. The minimum atomic E-state index is -2.97. The van der Waals surface area contributed by atoms with E-state index in [4.69, 9.17) is 19.9 Å². The van der Waals surface area contributed by atoms with E-state index in [0.29, 0.717) is 17.6 Å². The van der Waals surface area contributed by atoms with Gasteiger partial charge in [-0.05, 0) is 112 Å². The van der Waals surface area contributed by atoms with Crippen LogP contribution >= 0.6 is 0 Å². The number of hydrogen-bond acceptors (Lipinski definition) is 5. The zero-order chi connectivity index (χ0) is 56.0. The first kappa shape index (κ1) is 49.8. The van der Waals surface area contributed by atoms with E-state index in [1.54, 1.807) is 0 Å². The molecule has 2 unspecified atom stereocenters. The molecule has 2 aliphatic rings. The Bertz CT molecular complexity index is 4700. The van der Waals surface area contributed by atoms with Crippen molar-refractivity contribution < 1.29 is 0 Å². The highest BCUT2D eigenvalue weighted by Crippen LogP contribution is 2.61. The van der Waals surface area contributed by atoms with Crippen LogP contribution in [0.2, 0.25) is 0 Å². The fraction of sp³-hybridized carbons (Fsp3) is 0.105. The van der Waals surface area contributed by atoms with Crippen LogP contribution in [0.3, 0.4) is 0 Å². The van der Waals surface area contributed by atoms with Crippen LogP contribution in [0.4, 0.5) is 11.4 Å². The van der Waals surface area contributed by atoms with E-state index < -0.39 is 8.07 Å². The molecule has 14 aromatic rings. The topological polar surface area (TPSA) is 64.7 Å². The minimum absolute atomic E-state index is 0.118. The molecule has 84 heavy (non-hydrogen) atoms. The molecular weight excluding hydrogens is 1040 g/mol. The van der Waals surface area contributed by atoms with Gasteiger partial charge in [0.25, 0.3) is 0 Å². The van der Waals surface area contributed by atoms with E-state index in [2.05, 4.69) is 295 Å². The fourth-order valence-electron chi connectivity index (χ4n) is 14.9. The number of pyridine rings is 1. The summed E-state index contributed by atoms with van der Waals surface area (Å²) in [6.45, 7) is 4.96. The Kier molecular flexibility index (Phi) is 11.6. The lowest BCUT2D eigenvalue weighted by atomic mass is 9.61. The molecule has 0 amide bonds. The summed E-state index contributed by atoms with van der Waals surface area (Å²) < 4.78 is 4.67. The predicted molar refractivity (Wildman–Crippen MR) is 349 cm³/mol. The highest BCUT2D eigenvalue weighted by Gasteiger charge is 2.58. The molecule has 4 aromatic heterocycles. The highest BCUT2D eigenvalue weighted by atomic mass is 28.3. The second-order valence-corrected chi connectivity index (χ2v) is 27.1. The number of para-hydroxylation sites is 3. The Morgan fingerprint density at radius 1 is 0.393 bits per heavy atom. The summed E-state index contributed by atoms with van der Waals surface area (Å²) in [6, 6.07) is 95.4. The molecule has 10 aromatic carbocycles. The monoisotopic (exact) mass is 1100 g/mol. The molecule has 1 fully saturated rings. The maximum Gasteiger partial charge on any atom is 0.238 e. The van der Waals surface area contributed by atoms with Crippen molar-refractivity contribution in [3.05, 3.63) is 279 Å². The first-order chi connectivity index (χ1) is 41.4. The normalized spacial score (nSPS) is 16.8. The number of anilines is 2. The van der Waals surface area contributed by atoms with E-state index in [1.807, 2.05) is 6.20 Å². The Morgan fingerprint density at radius 2 is 0.929 bits per heavy atom. The molecule has 1 saturated carbocycles. The maximum absolute atomic E-state index is 5.78. The predicted octanol–water partition coefficient (Wildman–Crippen LogP) is 15.6. The zero-order valence-electron chi connectivity index (χ0n) is 46.9. The number of aromatic nitrogens is 6. The summed E-state index contributed by atoms with van der Waals surface area (Å²) in [5.41, 5.74) is 12.7. The van der Waals surface area contributed by atoms with Crippen molar-refractivity contribution in [1.29, 1.82) is 0 Å². The van der Waals surface area contributed by atoms with Crippen molar-refractivity contribution in [1.82, 2.24) is 29.1 Å². The fourth-order valence-corrected chi connectivity index (χ4v) is 19.7. The molecule has 0 N–H and O–H groups in total. The summed E-state index contributed by atoms with van der Waals surface area (Å²) in [6.07, 6.45) is 8.51. The molecule has 0 spiro atoms. The third-order valence-electron chi connectivity index (χ3n) is 19.0. The van der Waals surface area contributed by atoms with Gasteiger partial charge in [0, 0.05) is 50.0 Å². The Hall–Kier alpha value is -10.0. The molecule has 1 aliphatic heterocycles. The lowest BCUT2D eigenvalue weighted by Gasteiger charge is -2.50. The lowest BCUT2D eigenvalue weighted by Crippen LogP contribution is -2.74. The number of fused-ring (bicyclic) bond motifs is 9. The second kappa shape index (κ2) is 19.6. The van der Waals surface area contributed by atoms with Gasteiger partial charge in [-0.15, -0.1) is 0 Å². The first-order valence-corrected chi connectivity index (χ1v) is 31.4. The van der Waals surface area contributed by atoms with Crippen molar-refractivity contribution in [2.45, 2.75) is 50.5 Å². The van der Waals surface area contributed by atoms with Gasteiger partial charge in [-0.25, -0.2) is 4.98 Å². The summed E-state index contributed by atoms with van der Waals surface area (Å²) >= 11 is 0. The van der Waals surface area contributed by atoms with Gasteiger partial charge in [0.15, 0.2) is 19.7 Å². The smallest absolute Gasteiger partial charge is 0.238 e. The minimum Gasteiger partial charge on any atom is -0.333 e. The third-order valence-corrected chi connectivity index (χ3v) is 23.8. The van der Waals surface area contributed by atoms with Gasteiger partial charge >= 0.3 is 0 Å². The largest absolute Gasteiger partial charge is 0.333 e. The average molecular weight is 1100 g/mol. The average Bonchev–Trinajstić information content (AvgIpc) is 1.79. The second-order valence-electron chi connectivity index (χ2n) is 23.3. The molecular formula is C76H59N7Si. The van der Waals surface area contributed by atoms with Gasteiger partial charge in [0.05, 0.1) is 45.2 Å². The number of nitrogens with zero attached hydrogens (tertiary/aromatic N) is 7. The lowest BCUT2D eigenvalue weighted by molar-refractivity contribution is 0.195. The number of benzene rings is 10. The maximum atomic E-state index is 5.78. The SMILES string of the molecule is CC12CCCCC1(C)N(c1cc(-c3ccccc3)ccc1-c1nc(-c3cccc([Si](c4ccccc4)(c4ccccc4)c4ccccc4)c3)nc(-n3c4ccccc4c4cc(-n5c6ccccc6c6ccccc65)ccc43)n1)c1cnccc12. The van der Waals surface area contributed by atoms with Crippen LogP contribution in [0.15, 0.2) is 273 Å². The van der Waals surface area contributed by atoms with E-state index >= 15 is 0 Å². The van der Waals surface area contributed by atoms with Crippen LogP contribution in [0.5, 0.6) is 0 Å². The Morgan fingerprint density at radius 3 is 1.58 bits per heavy atom. The van der Waals surface area contributed by atoms with Crippen molar-refractivity contribution in [3.63, 3.8) is 0 Å². The molecule has 8 heteroatoms. The van der Waals surface area contributed by atoms with Gasteiger partial charge in [-0.3, -0.25) is 9.55 Å². The molecule has 0 bridgehead atoms. The Balaban J connectivity index is 0.974. The van der Waals surface area contributed by atoms with Gasteiger partial charge in [-0.1, -0.05) is 226 Å². The van der Waals surface area contributed by atoms with Crippen molar-refractivity contribution in [2.24, 2.45) is 0 Å². The first-order valence-electron chi connectivity index (χ1n) is 29.4. The van der Waals surface area contributed by atoms with Crippen molar-refractivity contribution >= 4 is 83.8 Å². The van der Waals surface area contributed by atoms with Crippen LogP contribution < -0.4 is 25.6 Å². The molecule has 402 valence electrons. The molecule has 7 nitrogen and oxygen atoms in total. The van der Waals surface area contributed by atoms with Crippen molar-refractivity contribution in [2.75, 3.05) is 4.90 Å². The summed E-state index contributed by atoms with van der Waals surface area (Å²) in [5, 5.41) is 9.82. The molecule has 1 aliphatic carbocycles. The van der Waals surface area contributed by atoms with Gasteiger partial charge in [0.1, 0.15) is 0 Å². The molecule has 16 rings (SSSR count). The van der Waals surface area contributed by atoms with Gasteiger partial charge < -0.3 is 9.47 Å². The van der Waals surface area contributed by atoms with E-state index in [-0.39, 0.29) is 11.0 Å². The third kappa shape index (κ3) is 7.49. The van der Waals surface area contributed by atoms with Crippen LogP contribution in [0.25, 0.3) is 89.2 Å². The summed E-state index contributed by atoms with van der Waals surface area (Å²) in [4.78, 5) is 24.7. The number of hydrogen-bond donors (Lipinski definition) is 0. The van der Waals surface area contributed by atoms with E-state index in [1.165, 1.54) is 54.5 Å². The van der Waals surface area contributed by atoms with Crippen LogP contribution in [0.1, 0.15) is 45.1 Å². The number of rotatable bonds is 10. The highest BCUT2D eigenvalue weighted by molar-refractivity contribution is 7.19. The molecule has 5 heterocycles. The van der Waals surface area contributed by atoms with Crippen LogP contribution in [-0.4, -0.2) is 42.7 Å². The van der Waals surface area contributed by atoms with E-state index in [9.17, 15) is 0 Å². The Labute approximate surface area is 489 Å².